The van der Waals surface area contributed by atoms with Crippen molar-refractivity contribution in [1.29, 1.82) is 0 Å². The zero-order valence-electron chi connectivity index (χ0n) is 22.3. The number of ketones is 2. The number of fused-ring (bicyclic) bond motifs is 3. The molecule has 9 nitrogen and oxygen atoms in total. The maximum atomic E-state index is 12.6. The zero-order chi connectivity index (χ0) is 29.0. The summed E-state index contributed by atoms with van der Waals surface area (Å²) in [5.74, 6) is -5.03. The van der Waals surface area contributed by atoms with Crippen molar-refractivity contribution in [3.8, 4) is 11.1 Å². The summed E-state index contributed by atoms with van der Waals surface area (Å²) >= 11 is 0. The van der Waals surface area contributed by atoms with Crippen LogP contribution in [0.3, 0.4) is 0 Å². The van der Waals surface area contributed by atoms with Gasteiger partial charge in [0.2, 0.25) is 5.78 Å². The van der Waals surface area contributed by atoms with Crippen molar-refractivity contribution < 1.29 is 38.6 Å². The quantitative estimate of drug-likeness (QED) is 0.176. The van der Waals surface area contributed by atoms with Gasteiger partial charge in [0.15, 0.2) is 0 Å². The molecule has 0 saturated carbocycles. The van der Waals surface area contributed by atoms with Gasteiger partial charge in [0, 0.05) is 17.9 Å². The molecule has 206 valence electrons. The van der Waals surface area contributed by atoms with Gasteiger partial charge in [-0.2, -0.15) is 0 Å². The lowest BCUT2D eigenvalue weighted by Crippen LogP contribution is -2.42. The molecule has 0 heterocycles. The SMILES string of the molecule is CC(C)(C)OC(=O)C(=O)C(=O)c1ccc(C[C@H](NC(=O)OCC2c3ccccc3-c3ccccc32)C(=O)O)cc1. The third-order valence-electron chi connectivity index (χ3n) is 6.38. The molecule has 1 amide bonds. The number of esters is 1. The number of alkyl carbamates (subject to hydrolysis) is 1. The van der Waals surface area contributed by atoms with Crippen LogP contribution in [0, 0.1) is 0 Å². The number of hydrogen-bond donors (Lipinski definition) is 2. The average Bonchev–Trinajstić information content (AvgIpc) is 3.23. The highest BCUT2D eigenvalue weighted by atomic mass is 16.6. The molecule has 2 N–H and O–H groups in total. The molecule has 1 aliphatic rings. The minimum Gasteiger partial charge on any atom is -0.480 e. The first-order valence-electron chi connectivity index (χ1n) is 12.7. The smallest absolute Gasteiger partial charge is 0.407 e. The van der Waals surface area contributed by atoms with Crippen LogP contribution in [0.4, 0.5) is 4.79 Å². The molecule has 0 fully saturated rings. The second kappa shape index (κ2) is 11.5. The number of carbonyl (C=O) groups excluding carboxylic acids is 4. The largest absolute Gasteiger partial charge is 0.480 e. The van der Waals surface area contributed by atoms with Crippen LogP contribution in [0.25, 0.3) is 11.1 Å². The molecule has 0 spiro atoms. The summed E-state index contributed by atoms with van der Waals surface area (Å²) < 4.78 is 10.4. The molecule has 1 aliphatic carbocycles. The van der Waals surface area contributed by atoms with Gasteiger partial charge in [0.25, 0.3) is 0 Å². The number of aliphatic carboxylic acids is 1. The standard InChI is InChI=1S/C31H29NO8/c1-31(2,3)40-29(37)27(34)26(33)19-14-12-18(13-15-19)16-25(28(35)36)32-30(38)39-17-24-22-10-6-4-8-20(22)21-9-5-7-11-23(21)24/h4-15,24-25H,16-17H2,1-3H3,(H,32,38)(H,35,36)/t25-/m0/s1. The molecule has 0 aliphatic heterocycles. The Morgan fingerprint density at radius 3 is 1.93 bits per heavy atom. The van der Waals surface area contributed by atoms with Crippen LogP contribution in [-0.2, 0) is 30.3 Å². The number of rotatable bonds is 9. The first kappa shape index (κ1) is 28.2. The third-order valence-corrected chi connectivity index (χ3v) is 6.38. The van der Waals surface area contributed by atoms with E-state index < -0.39 is 41.2 Å². The number of hydrogen-bond acceptors (Lipinski definition) is 7. The maximum absolute atomic E-state index is 12.6. The normalized spacial score (nSPS) is 13.0. The van der Waals surface area contributed by atoms with Crippen molar-refractivity contribution in [2.45, 2.75) is 44.8 Å². The van der Waals surface area contributed by atoms with Crippen LogP contribution in [0.5, 0.6) is 0 Å². The summed E-state index contributed by atoms with van der Waals surface area (Å²) in [6.45, 7) is 4.77. The minimum absolute atomic E-state index is 0.0364. The van der Waals surface area contributed by atoms with Gasteiger partial charge in [0.1, 0.15) is 18.2 Å². The summed E-state index contributed by atoms with van der Waals surface area (Å²) in [5.41, 5.74) is 3.72. The van der Waals surface area contributed by atoms with Crippen LogP contribution in [0.2, 0.25) is 0 Å². The number of Topliss-reactive ketones (excluding diaryl/α,β-unsaturated/α-hetero) is 2. The van der Waals surface area contributed by atoms with E-state index in [0.717, 1.165) is 22.3 Å². The van der Waals surface area contributed by atoms with Crippen LogP contribution >= 0.6 is 0 Å². The summed E-state index contributed by atoms with van der Waals surface area (Å²) in [5, 5.41) is 12.1. The highest BCUT2D eigenvalue weighted by Crippen LogP contribution is 2.44. The van der Waals surface area contributed by atoms with Gasteiger partial charge >= 0.3 is 23.8 Å². The molecular weight excluding hydrogens is 514 g/mol. The lowest BCUT2D eigenvalue weighted by molar-refractivity contribution is -0.160. The Kier molecular flexibility index (Phi) is 8.13. The maximum Gasteiger partial charge on any atom is 0.407 e. The van der Waals surface area contributed by atoms with E-state index in [1.54, 1.807) is 20.8 Å². The second-order valence-electron chi connectivity index (χ2n) is 10.4. The molecule has 0 radical (unpaired) electrons. The lowest BCUT2D eigenvalue weighted by atomic mass is 9.98. The van der Waals surface area contributed by atoms with E-state index in [9.17, 15) is 29.1 Å². The molecule has 40 heavy (non-hydrogen) atoms. The van der Waals surface area contributed by atoms with Crippen molar-refractivity contribution in [2.75, 3.05) is 6.61 Å². The van der Waals surface area contributed by atoms with Gasteiger partial charge in [-0.15, -0.1) is 0 Å². The monoisotopic (exact) mass is 543 g/mol. The van der Waals surface area contributed by atoms with Crippen molar-refractivity contribution >= 4 is 29.6 Å². The van der Waals surface area contributed by atoms with Crippen LogP contribution in [0.15, 0.2) is 72.8 Å². The highest BCUT2D eigenvalue weighted by molar-refractivity contribution is 6.65. The van der Waals surface area contributed by atoms with Gasteiger partial charge in [-0.3, -0.25) is 9.59 Å². The number of carbonyl (C=O) groups is 5. The molecule has 0 unspecified atom stereocenters. The first-order chi connectivity index (χ1) is 18.9. The Bertz CT molecular complexity index is 1420. The summed E-state index contributed by atoms with van der Waals surface area (Å²) in [4.78, 5) is 60.9. The molecule has 1 atom stereocenters. The van der Waals surface area contributed by atoms with Gasteiger partial charge in [-0.25, -0.2) is 14.4 Å². The van der Waals surface area contributed by atoms with E-state index >= 15 is 0 Å². The van der Waals surface area contributed by atoms with Gasteiger partial charge in [-0.05, 0) is 48.6 Å². The Labute approximate surface area is 231 Å². The van der Waals surface area contributed by atoms with Gasteiger partial charge in [-0.1, -0.05) is 72.8 Å². The molecule has 3 aromatic rings. The number of carboxylic acid groups (broad SMARTS) is 1. The highest BCUT2D eigenvalue weighted by Gasteiger charge is 2.31. The van der Waals surface area contributed by atoms with Crippen molar-refractivity contribution in [3.63, 3.8) is 0 Å². The summed E-state index contributed by atoms with van der Waals surface area (Å²) in [7, 11) is 0. The molecule has 0 bridgehead atoms. The summed E-state index contributed by atoms with van der Waals surface area (Å²) in [6.07, 6.45) is -0.974. The topological polar surface area (TPSA) is 136 Å². The average molecular weight is 544 g/mol. The zero-order valence-corrected chi connectivity index (χ0v) is 22.3. The van der Waals surface area contributed by atoms with E-state index in [-0.39, 0.29) is 24.5 Å². The molecule has 0 saturated heterocycles. The third kappa shape index (κ3) is 6.43. The molecular formula is C31H29NO8. The number of ether oxygens (including phenoxy) is 2. The van der Waals surface area contributed by atoms with E-state index in [4.69, 9.17) is 9.47 Å². The fourth-order valence-corrected chi connectivity index (χ4v) is 4.56. The molecule has 0 aromatic heterocycles. The summed E-state index contributed by atoms with van der Waals surface area (Å²) in [6, 6.07) is 20.0. The van der Waals surface area contributed by atoms with E-state index in [0.29, 0.717) is 5.56 Å². The number of benzene rings is 3. The van der Waals surface area contributed by atoms with Crippen LogP contribution in [-0.4, -0.2) is 53.0 Å². The van der Waals surface area contributed by atoms with Crippen LogP contribution in [0.1, 0.15) is 53.7 Å². The first-order valence-corrected chi connectivity index (χ1v) is 12.7. The fraction of sp³-hybridized carbons (Fsp3) is 0.258. The van der Waals surface area contributed by atoms with Crippen LogP contribution < -0.4 is 5.32 Å². The fourth-order valence-electron chi connectivity index (χ4n) is 4.56. The Hall–Kier alpha value is -4.79. The van der Waals surface area contributed by atoms with Gasteiger partial charge < -0.3 is 19.9 Å². The Morgan fingerprint density at radius 1 is 0.850 bits per heavy atom. The van der Waals surface area contributed by atoms with Crippen molar-refractivity contribution in [1.82, 2.24) is 5.32 Å². The van der Waals surface area contributed by atoms with E-state index in [1.807, 2.05) is 48.5 Å². The second-order valence-corrected chi connectivity index (χ2v) is 10.4. The predicted octanol–water partition coefficient (Wildman–Crippen LogP) is 4.31. The van der Waals surface area contributed by atoms with E-state index in [2.05, 4.69) is 5.32 Å². The molecule has 9 heteroatoms. The van der Waals surface area contributed by atoms with Gasteiger partial charge in [0.05, 0.1) is 0 Å². The lowest BCUT2D eigenvalue weighted by Gasteiger charge is -2.18. The molecule has 3 aromatic carbocycles. The number of carboxylic acids is 1. The minimum atomic E-state index is -1.31. The predicted molar refractivity (Wildman–Crippen MR) is 145 cm³/mol. The number of amides is 1. The van der Waals surface area contributed by atoms with E-state index in [1.165, 1.54) is 24.3 Å². The Morgan fingerprint density at radius 2 is 1.40 bits per heavy atom. The van der Waals surface area contributed by atoms with Crippen molar-refractivity contribution in [3.05, 3.63) is 95.1 Å². The Balaban J connectivity index is 1.36. The van der Waals surface area contributed by atoms with Crippen molar-refractivity contribution in [2.24, 2.45) is 0 Å². The number of nitrogens with one attached hydrogen (secondary N) is 1. The molecule has 4 rings (SSSR count).